The quantitative estimate of drug-likeness (QED) is 0.849. The van der Waals surface area contributed by atoms with Crippen LogP contribution < -0.4 is 10.6 Å². The third kappa shape index (κ3) is 6.60. The Labute approximate surface area is 145 Å². The van der Waals surface area contributed by atoms with Gasteiger partial charge >= 0.3 is 6.09 Å². The van der Waals surface area contributed by atoms with E-state index in [0.717, 1.165) is 16.8 Å². The number of ether oxygens (including phenoxy) is 1. The van der Waals surface area contributed by atoms with Crippen molar-refractivity contribution in [3.05, 3.63) is 29.3 Å². The number of carbonyl (C=O) groups excluding carboxylic acids is 2. The van der Waals surface area contributed by atoms with Gasteiger partial charge in [0.2, 0.25) is 5.91 Å². The number of alkyl carbamates (subject to hydrolysis) is 1. The number of benzene rings is 1. The van der Waals surface area contributed by atoms with Crippen LogP contribution in [-0.4, -0.2) is 23.6 Å². The van der Waals surface area contributed by atoms with E-state index in [2.05, 4.69) is 10.6 Å². The fourth-order valence-electron chi connectivity index (χ4n) is 2.37. The molecule has 0 fully saturated rings. The zero-order valence-corrected chi connectivity index (χ0v) is 15.8. The summed E-state index contributed by atoms with van der Waals surface area (Å²) in [5, 5.41) is 5.63. The highest BCUT2D eigenvalue weighted by molar-refractivity contribution is 5.97. The normalized spacial score (nSPS) is 12.7. The number of carbonyl (C=O) groups is 2. The maximum absolute atomic E-state index is 12.7. The minimum absolute atomic E-state index is 0.230. The van der Waals surface area contributed by atoms with Crippen LogP contribution >= 0.6 is 0 Å². The molecule has 0 radical (unpaired) electrons. The number of hydrogen-bond acceptors (Lipinski definition) is 3. The van der Waals surface area contributed by atoms with E-state index >= 15 is 0 Å². The van der Waals surface area contributed by atoms with Gasteiger partial charge in [-0.3, -0.25) is 4.79 Å². The zero-order valence-electron chi connectivity index (χ0n) is 15.8. The molecule has 0 spiro atoms. The Hall–Kier alpha value is -2.04. The first-order chi connectivity index (χ1) is 11.0. The van der Waals surface area contributed by atoms with E-state index in [1.54, 1.807) is 20.8 Å². The SMILES string of the molecule is Cc1cccc(C)c1NC(=O)C(CC(C)C)NC(=O)OC(C)(C)C. The Balaban J connectivity index is 2.87. The molecule has 1 rings (SSSR count). The van der Waals surface area contributed by atoms with E-state index in [9.17, 15) is 9.59 Å². The summed E-state index contributed by atoms with van der Waals surface area (Å²) in [4.78, 5) is 24.7. The molecule has 0 aliphatic heterocycles. The molecule has 1 aromatic carbocycles. The van der Waals surface area contributed by atoms with Crippen molar-refractivity contribution >= 4 is 17.7 Å². The Bertz CT molecular complexity index is 569. The first-order valence-electron chi connectivity index (χ1n) is 8.36. The van der Waals surface area contributed by atoms with Crippen molar-refractivity contribution in [2.75, 3.05) is 5.32 Å². The summed E-state index contributed by atoms with van der Waals surface area (Å²) in [6, 6.07) is 5.20. The maximum Gasteiger partial charge on any atom is 0.408 e. The molecule has 0 saturated heterocycles. The Morgan fingerprint density at radius 3 is 2.12 bits per heavy atom. The predicted molar refractivity (Wildman–Crippen MR) is 97.2 cm³/mol. The molecule has 5 nitrogen and oxygen atoms in total. The van der Waals surface area contributed by atoms with Crippen LogP contribution in [0.5, 0.6) is 0 Å². The molecule has 0 aromatic heterocycles. The minimum Gasteiger partial charge on any atom is -0.444 e. The van der Waals surface area contributed by atoms with Crippen molar-refractivity contribution in [1.82, 2.24) is 5.32 Å². The largest absolute Gasteiger partial charge is 0.444 e. The fraction of sp³-hybridized carbons (Fsp3) is 0.579. The molecule has 0 aliphatic carbocycles. The number of rotatable bonds is 5. The summed E-state index contributed by atoms with van der Waals surface area (Å²) in [6.07, 6.45) is -0.0412. The molecule has 134 valence electrons. The molecule has 0 aliphatic rings. The number of amides is 2. The second-order valence-corrected chi connectivity index (χ2v) is 7.58. The average molecular weight is 334 g/mol. The van der Waals surface area contributed by atoms with Gasteiger partial charge in [-0.05, 0) is 58.1 Å². The molecule has 1 atom stereocenters. The van der Waals surface area contributed by atoms with Crippen molar-refractivity contribution in [3.8, 4) is 0 Å². The smallest absolute Gasteiger partial charge is 0.408 e. The van der Waals surface area contributed by atoms with E-state index in [-0.39, 0.29) is 11.8 Å². The molecule has 24 heavy (non-hydrogen) atoms. The third-order valence-corrected chi connectivity index (χ3v) is 3.44. The lowest BCUT2D eigenvalue weighted by Gasteiger charge is -2.24. The van der Waals surface area contributed by atoms with Crippen molar-refractivity contribution in [2.45, 2.75) is 66.5 Å². The number of anilines is 1. The van der Waals surface area contributed by atoms with Gasteiger partial charge in [-0.1, -0.05) is 32.0 Å². The van der Waals surface area contributed by atoms with Gasteiger partial charge in [0.15, 0.2) is 0 Å². The number of nitrogens with one attached hydrogen (secondary N) is 2. The lowest BCUT2D eigenvalue weighted by Crippen LogP contribution is -2.46. The number of aryl methyl sites for hydroxylation is 2. The second kappa shape index (κ2) is 8.18. The van der Waals surface area contributed by atoms with Gasteiger partial charge in [-0.2, -0.15) is 0 Å². The van der Waals surface area contributed by atoms with E-state index in [0.29, 0.717) is 6.42 Å². The summed E-state index contributed by atoms with van der Waals surface area (Å²) in [7, 11) is 0. The maximum atomic E-state index is 12.7. The molecule has 0 bridgehead atoms. The Morgan fingerprint density at radius 1 is 1.12 bits per heavy atom. The lowest BCUT2D eigenvalue weighted by atomic mass is 10.0. The highest BCUT2D eigenvalue weighted by atomic mass is 16.6. The number of para-hydroxylation sites is 1. The van der Waals surface area contributed by atoms with Crippen LogP contribution in [0.4, 0.5) is 10.5 Å². The van der Waals surface area contributed by atoms with Crippen LogP contribution in [0.2, 0.25) is 0 Å². The van der Waals surface area contributed by atoms with Gasteiger partial charge < -0.3 is 15.4 Å². The van der Waals surface area contributed by atoms with Crippen molar-refractivity contribution in [1.29, 1.82) is 0 Å². The van der Waals surface area contributed by atoms with Crippen LogP contribution in [0.25, 0.3) is 0 Å². The van der Waals surface area contributed by atoms with Crippen LogP contribution in [0.3, 0.4) is 0 Å². The van der Waals surface area contributed by atoms with Gasteiger partial charge in [0.1, 0.15) is 11.6 Å². The Kier molecular flexibility index (Phi) is 6.81. The molecule has 2 N–H and O–H groups in total. The van der Waals surface area contributed by atoms with Gasteiger partial charge in [0, 0.05) is 5.69 Å². The fourth-order valence-corrected chi connectivity index (χ4v) is 2.37. The first kappa shape index (κ1) is 20.0. The summed E-state index contributed by atoms with van der Waals surface area (Å²) >= 11 is 0. The van der Waals surface area contributed by atoms with Crippen molar-refractivity contribution < 1.29 is 14.3 Å². The standard InChI is InChI=1S/C19H30N2O3/c1-12(2)11-15(20-18(23)24-19(5,6)7)17(22)21-16-13(3)9-8-10-14(16)4/h8-10,12,15H,11H2,1-7H3,(H,20,23)(H,21,22). The lowest BCUT2D eigenvalue weighted by molar-refractivity contribution is -0.118. The van der Waals surface area contributed by atoms with Crippen LogP contribution in [0.15, 0.2) is 18.2 Å². The third-order valence-electron chi connectivity index (χ3n) is 3.44. The van der Waals surface area contributed by atoms with Crippen LogP contribution in [-0.2, 0) is 9.53 Å². The molecule has 1 unspecified atom stereocenters. The highest BCUT2D eigenvalue weighted by Gasteiger charge is 2.25. The van der Waals surface area contributed by atoms with Gasteiger partial charge in [-0.15, -0.1) is 0 Å². The van der Waals surface area contributed by atoms with Gasteiger partial charge in [0.05, 0.1) is 0 Å². The summed E-state index contributed by atoms with van der Waals surface area (Å²) in [5.74, 6) is 0.0283. The van der Waals surface area contributed by atoms with Crippen LogP contribution in [0.1, 0.15) is 52.2 Å². The Morgan fingerprint density at radius 2 is 1.67 bits per heavy atom. The van der Waals surface area contributed by atoms with Crippen molar-refractivity contribution in [2.24, 2.45) is 5.92 Å². The number of hydrogen-bond donors (Lipinski definition) is 2. The molecule has 0 heterocycles. The molecule has 0 saturated carbocycles. The van der Waals surface area contributed by atoms with Crippen LogP contribution in [0, 0.1) is 19.8 Å². The summed E-state index contributed by atoms with van der Waals surface area (Å²) in [6.45, 7) is 13.3. The van der Waals surface area contributed by atoms with E-state index in [1.807, 2.05) is 45.9 Å². The monoisotopic (exact) mass is 334 g/mol. The minimum atomic E-state index is -0.640. The highest BCUT2D eigenvalue weighted by Crippen LogP contribution is 2.20. The van der Waals surface area contributed by atoms with E-state index in [4.69, 9.17) is 4.74 Å². The predicted octanol–water partition coefficient (Wildman–Crippen LogP) is 4.18. The molecular weight excluding hydrogens is 304 g/mol. The molecule has 2 amide bonds. The summed E-state index contributed by atoms with van der Waals surface area (Å²) < 4.78 is 5.27. The first-order valence-corrected chi connectivity index (χ1v) is 8.36. The van der Waals surface area contributed by atoms with E-state index in [1.165, 1.54) is 0 Å². The molecular formula is C19H30N2O3. The average Bonchev–Trinajstić information content (AvgIpc) is 2.39. The van der Waals surface area contributed by atoms with Crippen molar-refractivity contribution in [3.63, 3.8) is 0 Å². The molecule has 1 aromatic rings. The molecule has 5 heteroatoms. The van der Waals surface area contributed by atoms with E-state index < -0.39 is 17.7 Å². The topological polar surface area (TPSA) is 67.4 Å². The van der Waals surface area contributed by atoms with Gasteiger partial charge in [0.25, 0.3) is 0 Å². The van der Waals surface area contributed by atoms with Gasteiger partial charge in [-0.25, -0.2) is 4.79 Å². The second-order valence-electron chi connectivity index (χ2n) is 7.58. The summed E-state index contributed by atoms with van der Waals surface area (Å²) in [5.41, 5.74) is 2.17. The zero-order chi connectivity index (χ0) is 18.5.